The van der Waals surface area contributed by atoms with Crippen LogP contribution in [0, 0.1) is 5.92 Å². The third-order valence-electron chi connectivity index (χ3n) is 6.01. The van der Waals surface area contributed by atoms with Crippen LogP contribution in [0.1, 0.15) is 32.3 Å². The summed E-state index contributed by atoms with van der Waals surface area (Å²) in [6.45, 7) is 8.65. The summed E-state index contributed by atoms with van der Waals surface area (Å²) in [7, 11) is -3.58. The van der Waals surface area contributed by atoms with Gasteiger partial charge >= 0.3 is 0 Å². The number of carbonyl (C=O) groups is 1. The number of nitrogens with zero attached hydrogens (tertiary/aromatic N) is 3. The minimum Gasteiger partial charge on any atom is -0.373 e. The molecule has 1 amide bonds. The second-order valence-electron chi connectivity index (χ2n) is 8.57. The molecule has 1 N–H and O–H groups in total. The summed E-state index contributed by atoms with van der Waals surface area (Å²) >= 11 is 0. The quantitative estimate of drug-likeness (QED) is 0.766. The smallest absolute Gasteiger partial charge is 0.263 e. The fourth-order valence-electron chi connectivity index (χ4n) is 4.66. The van der Waals surface area contributed by atoms with Crippen molar-refractivity contribution >= 4 is 21.8 Å². The predicted molar refractivity (Wildman–Crippen MR) is 114 cm³/mol. The molecule has 2 fully saturated rings. The number of nitrogens with one attached hydrogen (secondary N) is 1. The summed E-state index contributed by atoms with van der Waals surface area (Å²) in [4.78, 5) is 21.4. The lowest BCUT2D eigenvalue weighted by Crippen LogP contribution is -2.49. The average Bonchev–Trinajstić information content (AvgIpc) is 2.96. The number of hydrogen-bond donors (Lipinski definition) is 1. The Balaban J connectivity index is 1.29. The fourth-order valence-corrected chi connectivity index (χ4v) is 5.91. The standard InChI is InChI=1S/C21H30N4O4S/c1-15-12-24(13-16(2)29-15)14-17-7-9-25(10-8-17)20(26)11-22-21-18-5-3-4-6-19(18)30(27,28)23-21/h3-6,15-17H,7-14H2,1-2H3,(H,22,23). The molecule has 4 rings (SSSR count). The van der Waals surface area contributed by atoms with Crippen molar-refractivity contribution < 1.29 is 17.9 Å². The predicted octanol–water partition coefficient (Wildman–Crippen LogP) is 1.07. The highest BCUT2D eigenvalue weighted by Gasteiger charge is 2.31. The maximum atomic E-state index is 12.6. The Kier molecular flexibility index (Phi) is 6.13. The minimum absolute atomic E-state index is 0.0463. The number of likely N-dealkylation sites (tertiary alicyclic amines) is 1. The van der Waals surface area contributed by atoms with Crippen LogP contribution < -0.4 is 4.72 Å². The van der Waals surface area contributed by atoms with Gasteiger partial charge in [-0.25, -0.2) is 8.42 Å². The zero-order valence-electron chi connectivity index (χ0n) is 17.6. The molecule has 30 heavy (non-hydrogen) atoms. The Labute approximate surface area is 178 Å². The van der Waals surface area contributed by atoms with Crippen LogP contribution in [0.5, 0.6) is 0 Å². The molecule has 2 unspecified atom stereocenters. The molecule has 0 aliphatic carbocycles. The van der Waals surface area contributed by atoms with E-state index in [0.29, 0.717) is 11.5 Å². The normalized spacial score (nSPS) is 28.3. The van der Waals surface area contributed by atoms with Gasteiger partial charge in [-0.1, -0.05) is 12.1 Å². The molecule has 8 nitrogen and oxygen atoms in total. The number of morpholine rings is 1. The maximum absolute atomic E-state index is 12.6. The van der Waals surface area contributed by atoms with Crippen LogP contribution in [-0.2, 0) is 19.6 Å². The number of benzene rings is 1. The third-order valence-corrected chi connectivity index (χ3v) is 7.41. The lowest BCUT2D eigenvalue weighted by molar-refractivity contribution is -0.131. The lowest BCUT2D eigenvalue weighted by atomic mass is 9.95. The SMILES string of the molecule is CC1CN(CC2CCN(C(=O)CN=C3NS(=O)(=O)c4ccccc43)CC2)CC(C)O1. The molecule has 2 atom stereocenters. The first-order valence-corrected chi connectivity index (χ1v) is 12.1. The largest absolute Gasteiger partial charge is 0.373 e. The van der Waals surface area contributed by atoms with Crippen molar-refractivity contribution in [2.45, 2.75) is 43.8 Å². The van der Waals surface area contributed by atoms with E-state index in [-0.39, 0.29) is 35.4 Å². The van der Waals surface area contributed by atoms with Gasteiger partial charge in [0.25, 0.3) is 10.0 Å². The molecule has 164 valence electrons. The molecule has 0 bridgehead atoms. The zero-order chi connectivity index (χ0) is 21.3. The first-order valence-electron chi connectivity index (χ1n) is 10.6. The summed E-state index contributed by atoms with van der Waals surface area (Å²) in [5.41, 5.74) is 0.526. The van der Waals surface area contributed by atoms with Crippen LogP contribution in [0.25, 0.3) is 0 Å². The van der Waals surface area contributed by atoms with Crippen molar-refractivity contribution in [3.8, 4) is 0 Å². The van der Waals surface area contributed by atoms with Gasteiger partial charge in [-0.2, -0.15) is 0 Å². The summed E-state index contributed by atoms with van der Waals surface area (Å²) in [6.07, 6.45) is 2.51. The van der Waals surface area contributed by atoms with Gasteiger partial charge in [0.15, 0.2) is 0 Å². The van der Waals surface area contributed by atoms with E-state index in [9.17, 15) is 13.2 Å². The number of amidine groups is 1. The summed E-state index contributed by atoms with van der Waals surface area (Å²) in [5, 5.41) is 0. The highest BCUT2D eigenvalue weighted by Crippen LogP contribution is 2.23. The van der Waals surface area contributed by atoms with E-state index in [1.807, 2.05) is 4.90 Å². The van der Waals surface area contributed by atoms with Crippen LogP contribution in [0.15, 0.2) is 34.2 Å². The molecule has 0 aromatic heterocycles. The molecule has 2 saturated heterocycles. The second kappa shape index (κ2) is 8.64. The van der Waals surface area contributed by atoms with E-state index in [0.717, 1.165) is 45.6 Å². The van der Waals surface area contributed by atoms with E-state index in [4.69, 9.17) is 4.74 Å². The van der Waals surface area contributed by atoms with E-state index < -0.39 is 10.0 Å². The fraction of sp³-hybridized carbons (Fsp3) is 0.619. The van der Waals surface area contributed by atoms with Crippen molar-refractivity contribution in [3.63, 3.8) is 0 Å². The second-order valence-corrected chi connectivity index (χ2v) is 10.2. The first kappa shape index (κ1) is 21.3. The van der Waals surface area contributed by atoms with Crippen molar-refractivity contribution in [1.29, 1.82) is 0 Å². The minimum atomic E-state index is -3.58. The molecular formula is C21H30N4O4S. The summed E-state index contributed by atoms with van der Waals surface area (Å²) in [6, 6.07) is 6.69. The Hall–Kier alpha value is -1.97. The molecule has 0 saturated carbocycles. The van der Waals surface area contributed by atoms with Gasteiger partial charge in [0.2, 0.25) is 5.91 Å². The van der Waals surface area contributed by atoms with Gasteiger partial charge < -0.3 is 9.64 Å². The Bertz CT molecular complexity index is 915. The maximum Gasteiger partial charge on any atom is 0.263 e. The third kappa shape index (κ3) is 4.68. The summed E-state index contributed by atoms with van der Waals surface area (Å²) in [5.74, 6) is 0.786. The van der Waals surface area contributed by atoms with Gasteiger partial charge in [0, 0.05) is 38.3 Å². The topological polar surface area (TPSA) is 91.3 Å². The van der Waals surface area contributed by atoms with E-state index in [2.05, 4.69) is 28.5 Å². The van der Waals surface area contributed by atoms with Crippen LogP contribution in [0.3, 0.4) is 0 Å². The number of ether oxygens (including phenoxy) is 1. The van der Waals surface area contributed by atoms with Crippen LogP contribution >= 0.6 is 0 Å². The van der Waals surface area contributed by atoms with Gasteiger partial charge in [0.05, 0.1) is 17.1 Å². The Morgan fingerprint density at radius 3 is 2.53 bits per heavy atom. The average molecular weight is 435 g/mol. The van der Waals surface area contributed by atoms with E-state index >= 15 is 0 Å². The number of sulfonamides is 1. The monoisotopic (exact) mass is 434 g/mol. The number of piperidine rings is 1. The molecule has 1 aromatic carbocycles. The molecule has 1 aromatic rings. The van der Waals surface area contributed by atoms with E-state index in [1.54, 1.807) is 24.3 Å². The molecule has 9 heteroatoms. The number of fused-ring (bicyclic) bond motifs is 1. The molecular weight excluding hydrogens is 404 g/mol. The first-order chi connectivity index (χ1) is 14.3. The van der Waals surface area contributed by atoms with Crippen LogP contribution in [0.2, 0.25) is 0 Å². The zero-order valence-corrected chi connectivity index (χ0v) is 18.4. The van der Waals surface area contributed by atoms with Gasteiger partial charge in [0.1, 0.15) is 12.4 Å². The van der Waals surface area contributed by atoms with Crippen molar-refractivity contribution in [2.75, 3.05) is 39.3 Å². The molecule has 3 aliphatic heterocycles. The molecule has 0 radical (unpaired) electrons. The van der Waals surface area contributed by atoms with E-state index in [1.165, 1.54) is 0 Å². The summed E-state index contributed by atoms with van der Waals surface area (Å²) < 4.78 is 32.6. The van der Waals surface area contributed by atoms with Crippen LogP contribution in [-0.4, -0.2) is 81.4 Å². The lowest BCUT2D eigenvalue weighted by Gasteiger charge is -2.39. The van der Waals surface area contributed by atoms with Gasteiger partial charge in [-0.05, 0) is 44.7 Å². The number of rotatable bonds is 4. The number of carbonyl (C=O) groups excluding carboxylic acids is 1. The molecule has 0 spiro atoms. The number of aliphatic imine (C=N–C) groups is 1. The van der Waals surface area contributed by atoms with Crippen LogP contribution in [0.4, 0.5) is 0 Å². The van der Waals surface area contributed by atoms with Gasteiger partial charge in [-0.3, -0.25) is 19.4 Å². The van der Waals surface area contributed by atoms with Gasteiger partial charge in [-0.15, -0.1) is 0 Å². The molecule has 3 aliphatic rings. The highest BCUT2D eigenvalue weighted by molar-refractivity contribution is 7.90. The van der Waals surface area contributed by atoms with Crippen molar-refractivity contribution in [1.82, 2.24) is 14.5 Å². The number of hydrogen-bond acceptors (Lipinski definition) is 6. The Morgan fingerprint density at radius 2 is 1.83 bits per heavy atom. The van der Waals surface area contributed by atoms with Crippen molar-refractivity contribution in [3.05, 3.63) is 29.8 Å². The Morgan fingerprint density at radius 1 is 1.17 bits per heavy atom. The molecule has 3 heterocycles. The van der Waals surface area contributed by atoms with Crippen molar-refractivity contribution in [2.24, 2.45) is 10.9 Å². The number of amides is 1. The highest BCUT2D eigenvalue weighted by atomic mass is 32.2.